The maximum Gasteiger partial charge on any atom is 0.0753 e. The van der Waals surface area contributed by atoms with Gasteiger partial charge in [-0.2, -0.15) is 0 Å². The molecule has 0 amide bonds. The molecular weight excluding hydrogens is 196 g/mol. The van der Waals surface area contributed by atoms with Crippen LogP contribution in [0.4, 0.5) is 0 Å². The van der Waals surface area contributed by atoms with E-state index in [2.05, 4.69) is 45.6 Å². The van der Waals surface area contributed by atoms with Gasteiger partial charge in [-0.25, -0.2) is 0 Å². The molecule has 0 radical (unpaired) electrons. The molecule has 0 saturated carbocycles. The molecule has 1 aliphatic rings. The molecule has 0 saturated heterocycles. The first kappa shape index (κ1) is 13.2. The van der Waals surface area contributed by atoms with Gasteiger partial charge in [0.05, 0.1) is 6.10 Å². The summed E-state index contributed by atoms with van der Waals surface area (Å²) >= 11 is 0. The Hall–Kier alpha value is -0.820. The summed E-state index contributed by atoms with van der Waals surface area (Å²) in [5, 5.41) is 9.88. The molecule has 16 heavy (non-hydrogen) atoms. The van der Waals surface area contributed by atoms with E-state index in [-0.39, 0.29) is 11.5 Å². The van der Waals surface area contributed by atoms with Crippen LogP contribution in [0.2, 0.25) is 0 Å². The predicted molar refractivity (Wildman–Crippen MR) is 70.3 cm³/mol. The minimum Gasteiger partial charge on any atom is -0.389 e. The van der Waals surface area contributed by atoms with E-state index in [9.17, 15) is 5.11 Å². The fourth-order valence-electron chi connectivity index (χ4n) is 1.84. The number of hydrogen-bond acceptors (Lipinski definition) is 1. The van der Waals surface area contributed by atoms with Gasteiger partial charge in [0, 0.05) is 0 Å². The normalized spacial score (nSPS) is 29.1. The molecule has 1 nitrogen and oxygen atoms in total. The van der Waals surface area contributed by atoms with Gasteiger partial charge in [0.2, 0.25) is 0 Å². The van der Waals surface area contributed by atoms with Gasteiger partial charge >= 0.3 is 0 Å². The zero-order valence-electron chi connectivity index (χ0n) is 10.8. The van der Waals surface area contributed by atoms with Crippen LogP contribution in [0.5, 0.6) is 0 Å². The third-order valence-corrected chi connectivity index (χ3v) is 3.21. The average Bonchev–Trinajstić information content (AvgIpc) is 2.23. The molecule has 0 fully saturated rings. The van der Waals surface area contributed by atoms with Crippen LogP contribution in [0.15, 0.2) is 36.0 Å². The molecule has 1 N–H and O–H groups in total. The van der Waals surface area contributed by atoms with Crippen molar-refractivity contribution in [3.63, 3.8) is 0 Å². The van der Waals surface area contributed by atoms with E-state index in [1.165, 1.54) is 5.57 Å². The highest BCUT2D eigenvalue weighted by Gasteiger charge is 2.14. The fourth-order valence-corrected chi connectivity index (χ4v) is 1.84. The van der Waals surface area contributed by atoms with Gasteiger partial charge in [0.15, 0.2) is 0 Å². The van der Waals surface area contributed by atoms with E-state index in [0.29, 0.717) is 0 Å². The number of aliphatic hydroxyl groups excluding tert-OH is 1. The van der Waals surface area contributed by atoms with Crippen LogP contribution in [0.25, 0.3) is 0 Å². The summed E-state index contributed by atoms with van der Waals surface area (Å²) in [4.78, 5) is 0. The Labute approximate surface area is 99.6 Å². The first-order valence-electron chi connectivity index (χ1n) is 6.10. The molecule has 1 rings (SSSR count). The van der Waals surface area contributed by atoms with Gasteiger partial charge in [-0.05, 0) is 43.6 Å². The summed E-state index contributed by atoms with van der Waals surface area (Å²) < 4.78 is 0. The third-order valence-electron chi connectivity index (χ3n) is 3.21. The Morgan fingerprint density at radius 3 is 2.81 bits per heavy atom. The van der Waals surface area contributed by atoms with Crippen molar-refractivity contribution in [2.75, 3.05) is 0 Å². The second kappa shape index (κ2) is 5.49. The van der Waals surface area contributed by atoms with Crippen molar-refractivity contribution in [1.29, 1.82) is 0 Å². The first-order valence-corrected chi connectivity index (χ1v) is 6.10. The van der Waals surface area contributed by atoms with E-state index >= 15 is 0 Å². The van der Waals surface area contributed by atoms with Crippen molar-refractivity contribution >= 4 is 0 Å². The lowest BCUT2D eigenvalue weighted by Gasteiger charge is -2.18. The monoisotopic (exact) mass is 220 g/mol. The summed E-state index contributed by atoms with van der Waals surface area (Å²) in [7, 11) is 0. The van der Waals surface area contributed by atoms with Crippen LogP contribution in [0.3, 0.4) is 0 Å². The van der Waals surface area contributed by atoms with Gasteiger partial charge in [0.1, 0.15) is 0 Å². The minimum absolute atomic E-state index is 0.205. The van der Waals surface area contributed by atoms with Gasteiger partial charge in [-0.15, -0.1) is 0 Å². The SMILES string of the molecule is C=C1C/C=C/C(C)(C)CC=C(C)CC[C@H]1O. The van der Waals surface area contributed by atoms with Crippen LogP contribution in [0, 0.1) is 5.41 Å². The standard InChI is InChI=1S/C15H24O/c1-12-7-8-14(16)13(2)6-5-10-15(3,4)11-9-12/h5,9-10,14,16H,2,6-8,11H2,1,3-4H3/b10-5+,12-9?/t14-/m1/s1. The van der Waals surface area contributed by atoms with Crippen LogP contribution < -0.4 is 0 Å². The summed E-state index contributed by atoms with van der Waals surface area (Å²) in [6, 6.07) is 0. The number of aliphatic hydroxyl groups is 1. The van der Waals surface area contributed by atoms with Crippen molar-refractivity contribution in [3.05, 3.63) is 36.0 Å². The highest BCUT2D eigenvalue weighted by molar-refractivity contribution is 5.13. The Kier molecular flexibility index (Phi) is 4.55. The average molecular weight is 220 g/mol. The number of rotatable bonds is 0. The molecular formula is C15H24O. The molecule has 0 spiro atoms. The van der Waals surface area contributed by atoms with Crippen LogP contribution in [0.1, 0.15) is 46.5 Å². The Bertz CT molecular complexity index is 307. The molecule has 0 aromatic rings. The van der Waals surface area contributed by atoms with Crippen molar-refractivity contribution in [3.8, 4) is 0 Å². The number of hydrogen-bond donors (Lipinski definition) is 1. The lowest BCUT2D eigenvalue weighted by Crippen LogP contribution is -2.08. The van der Waals surface area contributed by atoms with E-state index < -0.39 is 0 Å². The van der Waals surface area contributed by atoms with Gasteiger partial charge in [0.25, 0.3) is 0 Å². The van der Waals surface area contributed by atoms with Crippen molar-refractivity contribution < 1.29 is 5.11 Å². The first-order chi connectivity index (χ1) is 7.41. The van der Waals surface area contributed by atoms with Gasteiger partial charge in [-0.3, -0.25) is 0 Å². The summed E-state index contributed by atoms with van der Waals surface area (Å²) in [6.45, 7) is 10.6. The fraction of sp³-hybridized carbons (Fsp3) is 0.600. The molecule has 1 aliphatic carbocycles. The summed E-state index contributed by atoms with van der Waals surface area (Å²) in [5.74, 6) is 0. The molecule has 0 aliphatic heterocycles. The minimum atomic E-state index is -0.353. The largest absolute Gasteiger partial charge is 0.389 e. The Balaban J connectivity index is 2.81. The van der Waals surface area contributed by atoms with Crippen LogP contribution in [-0.4, -0.2) is 11.2 Å². The summed E-state index contributed by atoms with van der Waals surface area (Å²) in [5.41, 5.74) is 2.51. The van der Waals surface area contributed by atoms with Crippen molar-refractivity contribution in [2.24, 2.45) is 5.41 Å². The highest BCUT2D eigenvalue weighted by Crippen LogP contribution is 2.26. The van der Waals surface area contributed by atoms with Crippen molar-refractivity contribution in [2.45, 2.75) is 52.6 Å². The molecule has 0 heterocycles. The maximum atomic E-state index is 9.88. The topological polar surface area (TPSA) is 20.2 Å². The molecule has 0 bridgehead atoms. The van der Waals surface area contributed by atoms with Crippen LogP contribution in [-0.2, 0) is 0 Å². The molecule has 0 unspecified atom stereocenters. The maximum absolute atomic E-state index is 9.88. The lowest BCUT2D eigenvalue weighted by molar-refractivity contribution is 0.199. The number of allylic oxidation sites excluding steroid dienone is 4. The lowest BCUT2D eigenvalue weighted by atomic mass is 9.87. The molecule has 1 heteroatoms. The molecule has 90 valence electrons. The van der Waals surface area contributed by atoms with Gasteiger partial charge < -0.3 is 5.11 Å². The van der Waals surface area contributed by atoms with E-state index in [1.54, 1.807) is 0 Å². The smallest absolute Gasteiger partial charge is 0.0753 e. The van der Waals surface area contributed by atoms with E-state index in [1.807, 2.05) is 0 Å². The Morgan fingerprint density at radius 2 is 2.12 bits per heavy atom. The quantitative estimate of drug-likeness (QED) is 0.612. The second-order valence-electron chi connectivity index (χ2n) is 5.56. The third kappa shape index (κ3) is 4.36. The van der Waals surface area contributed by atoms with E-state index in [4.69, 9.17) is 0 Å². The molecule has 1 atom stereocenters. The zero-order chi connectivity index (χ0) is 12.2. The van der Waals surface area contributed by atoms with Gasteiger partial charge in [-0.1, -0.05) is 44.2 Å². The Morgan fingerprint density at radius 1 is 1.44 bits per heavy atom. The van der Waals surface area contributed by atoms with E-state index in [0.717, 1.165) is 31.3 Å². The molecule has 0 aromatic carbocycles. The molecule has 0 aromatic heterocycles. The zero-order valence-corrected chi connectivity index (χ0v) is 10.8. The van der Waals surface area contributed by atoms with Crippen LogP contribution >= 0.6 is 0 Å². The predicted octanol–water partition coefficient (Wildman–Crippen LogP) is 4.01. The summed E-state index contributed by atoms with van der Waals surface area (Å²) in [6.07, 6.45) is 9.95. The van der Waals surface area contributed by atoms with Crippen molar-refractivity contribution in [1.82, 2.24) is 0 Å². The highest BCUT2D eigenvalue weighted by atomic mass is 16.3. The second-order valence-corrected chi connectivity index (χ2v) is 5.56.